The molecule has 0 aliphatic heterocycles. The average Bonchev–Trinajstić information content (AvgIpc) is 2.52. The summed E-state index contributed by atoms with van der Waals surface area (Å²) >= 11 is 0. The number of rotatable bonds is 8. The van der Waals surface area contributed by atoms with E-state index in [1.807, 2.05) is 6.92 Å². The van der Waals surface area contributed by atoms with Crippen LogP contribution in [-0.2, 0) is 19.6 Å². The average molecular weight is 345 g/mol. The van der Waals surface area contributed by atoms with Crippen LogP contribution in [0.5, 0.6) is 11.5 Å². The molecule has 0 aliphatic rings. The largest absolute Gasteiger partial charge is 0.497 e. The Balaban J connectivity index is 3.32. The molecule has 0 aliphatic carbocycles. The molecule has 0 fully saturated rings. The SMILES string of the molecule is CCC[C@](C)(NS(=O)(=O)c1cc(OC)ccc1OC)C(=O)OC. The topological polar surface area (TPSA) is 90.9 Å². The normalized spacial score (nSPS) is 14.0. The zero-order valence-electron chi connectivity index (χ0n) is 14.0. The van der Waals surface area contributed by atoms with E-state index < -0.39 is 21.5 Å². The highest BCUT2D eigenvalue weighted by Crippen LogP contribution is 2.29. The van der Waals surface area contributed by atoms with Gasteiger partial charge in [0.05, 0.1) is 21.3 Å². The molecule has 0 saturated heterocycles. The molecule has 1 aromatic rings. The summed E-state index contributed by atoms with van der Waals surface area (Å²) < 4.78 is 42.8. The van der Waals surface area contributed by atoms with Crippen LogP contribution in [0.4, 0.5) is 0 Å². The quantitative estimate of drug-likeness (QED) is 0.721. The van der Waals surface area contributed by atoms with Gasteiger partial charge in [0, 0.05) is 6.07 Å². The van der Waals surface area contributed by atoms with Crippen LogP contribution in [0.2, 0.25) is 0 Å². The number of carbonyl (C=O) groups excluding carboxylic acids is 1. The van der Waals surface area contributed by atoms with Gasteiger partial charge in [-0.3, -0.25) is 4.79 Å². The van der Waals surface area contributed by atoms with Crippen LogP contribution in [0.1, 0.15) is 26.7 Å². The zero-order chi connectivity index (χ0) is 17.7. The Bertz CT molecular complexity index is 658. The number of ether oxygens (including phenoxy) is 3. The Labute approximate surface area is 137 Å². The lowest BCUT2D eigenvalue weighted by Crippen LogP contribution is -2.52. The molecular formula is C15H23NO6S. The minimum Gasteiger partial charge on any atom is -0.497 e. The first-order valence-corrected chi connectivity index (χ1v) is 8.56. The van der Waals surface area contributed by atoms with Gasteiger partial charge in [-0.05, 0) is 25.5 Å². The van der Waals surface area contributed by atoms with Crippen molar-refractivity contribution in [1.29, 1.82) is 0 Å². The summed E-state index contributed by atoms with van der Waals surface area (Å²) in [6, 6.07) is 4.41. The van der Waals surface area contributed by atoms with Crippen molar-refractivity contribution in [2.24, 2.45) is 0 Å². The predicted octanol–water partition coefficient (Wildman–Crippen LogP) is 1.71. The third kappa shape index (κ3) is 4.35. The highest BCUT2D eigenvalue weighted by Gasteiger charge is 2.39. The smallest absolute Gasteiger partial charge is 0.326 e. The molecule has 0 spiro atoms. The van der Waals surface area contributed by atoms with Crippen molar-refractivity contribution in [3.8, 4) is 11.5 Å². The van der Waals surface area contributed by atoms with Crippen molar-refractivity contribution in [3.05, 3.63) is 18.2 Å². The van der Waals surface area contributed by atoms with Crippen LogP contribution in [0.25, 0.3) is 0 Å². The van der Waals surface area contributed by atoms with E-state index in [0.717, 1.165) is 0 Å². The highest BCUT2D eigenvalue weighted by atomic mass is 32.2. The summed E-state index contributed by atoms with van der Waals surface area (Å²) in [5.74, 6) is -0.131. The molecule has 1 N–H and O–H groups in total. The van der Waals surface area contributed by atoms with Gasteiger partial charge in [-0.2, -0.15) is 4.72 Å². The molecule has 130 valence electrons. The molecule has 0 unspecified atom stereocenters. The summed E-state index contributed by atoms with van der Waals surface area (Å²) in [4.78, 5) is 11.9. The maximum Gasteiger partial charge on any atom is 0.326 e. The number of benzene rings is 1. The fraction of sp³-hybridized carbons (Fsp3) is 0.533. The summed E-state index contributed by atoms with van der Waals surface area (Å²) in [5.41, 5.74) is -1.36. The van der Waals surface area contributed by atoms with Gasteiger partial charge in [0.1, 0.15) is 21.9 Å². The first kappa shape index (κ1) is 19.2. The molecule has 0 radical (unpaired) electrons. The Morgan fingerprint density at radius 1 is 1.22 bits per heavy atom. The first-order valence-electron chi connectivity index (χ1n) is 7.08. The van der Waals surface area contributed by atoms with Gasteiger partial charge >= 0.3 is 5.97 Å². The highest BCUT2D eigenvalue weighted by molar-refractivity contribution is 7.89. The molecular weight excluding hydrogens is 322 g/mol. The minimum atomic E-state index is -4.03. The number of esters is 1. The molecule has 1 atom stereocenters. The summed E-state index contributed by atoms with van der Waals surface area (Å²) in [6.07, 6.45) is 0.897. The van der Waals surface area contributed by atoms with Crippen LogP contribution in [-0.4, -0.2) is 41.3 Å². The predicted molar refractivity (Wildman–Crippen MR) is 85.2 cm³/mol. The summed E-state index contributed by atoms with van der Waals surface area (Å²) in [6.45, 7) is 3.34. The molecule has 0 saturated carbocycles. The van der Waals surface area contributed by atoms with Gasteiger partial charge < -0.3 is 14.2 Å². The van der Waals surface area contributed by atoms with E-state index in [4.69, 9.17) is 14.2 Å². The second kappa shape index (κ2) is 7.65. The van der Waals surface area contributed by atoms with Crippen molar-refractivity contribution in [2.75, 3.05) is 21.3 Å². The second-order valence-electron chi connectivity index (χ2n) is 5.20. The van der Waals surface area contributed by atoms with Gasteiger partial charge in [-0.15, -0.1) is 0 Å². The Kier molecular flexibility index (Phi) is 6.40. The van der Waals surface area contributed by atoms with E-state index in [1.54, 1.807) is 6.07 Å². The monoisotopic (exact) mass is 345 g/mol. The van der Waals surface area contributed by atoms with Crippen LogP contribution < -0.4 is 14.2 Å². The van der Waals surface area contributed by atoms with Crippen molar-refractivity contribution < 1.29 is 27.4 Å². The Morgan fingerprint density at radius 3 is 2.35 bits per heavy atom. The van der Waals surface area contributed by atoms with Crippen molar-refractivity contribution >= 4 is 16.0 Å². The molecule has 23 heavy (non-hydrogen) atoms. The van der Waals surface area contributed by atoms with Crippen LogP contribution in [0, 0.1) is 0 Å². The third-order valence-corrected chi connectivity index (χ3v) is 5.02. The van der Waals surface area contributed by atoms with Gasteiger partial charge in [0.25, 0.3) is 0 Å². The number of hydrogen-bond donors (Lipinski definition) is 1. The van der Waals surface area contributed by atoms with E-state index in [-0.39, 0.29) is 10.6 Å². The fourth-order valence-electron chi connectivity index (χ4n) is 2.27. The zero-order valence-corrected chi connectivity index (χ0v) is 14.8. The molecule has 7 nitrogen and oxygen atoms in total. The number of methoxy groups -OCH3 is 3. The van der Waals surface area contributed by atoms with E-state index >= 15 is 0 Å². The van der Waals surface area contributed by atoms with Crippen LogP contribution in [0.15, 0.2) is 23.1 Å². The van der Waals surface area contributed by atoms with E-state index in [2.05, 4.69) is 4.72 Å². The van der Waals surface area contributed by atoms with Gasteiger partial charge in [-0.25, -0.2) is 8.42 Å². The van der Waals surface area contributed by atoms with Gasteiger partial charge in [0.15, 0.2) is 0 Å². The van der Waals surface area contributed by atoms with E-state index in [0.29, 0.717) is 18.6 Å². The molecule has 0 heterocycles. The van der Waals surface area contributed by atoms with E-state index in [1.165, 1.54) is 40.4 Å². The first-order chi connectivity index (χ1) is 10.7. The fourth-order valence-corrected chi connectivity index (χ4v) is 3.84. The minimum absolute atomic E-state index is 0.106. The van der Waals surface area contributed by atoms with Gasteiger partial charge in [0.2, 0.25) is 10.0 Å². The number of sulfonamides is 1. The standard InChI is InChI=1S/C15H23NO6S/c1-6-9-15(2,14(17)22-5)16-23(18,19)13-10-11(20-3)7-8-12(13)21-4/h7-8,10,16H,6,9H2,1-5H3/t15-/m0/s1. The third-order valence-electron chi connectivity index (χ3n) is 3.41. The van der Waals surface area contributed by atoms with Crippen molar-refractivity contribution in [3.63, 3.8) is 0 Å². The second-order valence-corrected chi connectivity index (χ2v) is 6.85. The maximum atomic E-state index is 12.7. The lowest BCUT2D eigenvalue weighted by atomic mass is 9.98. The number of hydrogen-bond acceptors (Lipinski definition) is 6. The molecule has 0 bridgehead atoms. The van der Waals surface area contributed by atoms with Crippen molar-refractivity contribution in [1.82, 2.24) is 4.72 Å². The maximum absolute atomic E-state index is 12.7. The van der Waals surface area contributed by atoms with Gasteiger partial charge in [-0.1, -0.05) is 13.3 Å². The van der Waals surface area contributed by atoms with Crippen LogP contribution in [0.3, 0.4) is 0 Å². The van der Waals surface area contributed by atoms with Crippen LogP contribution >= 0.6 is 0 Å². The molecule has 1 rings (SSSR count). The summed E-state index contributed by atoms with van der Waals surface area (Å²) in [7, 11) is -0.00825. The Morgan fingerprint density at radius 2 is 1.87 bits per heavy atom. The van der Waals surface area contributed by atoms with E-state index in [9.17, 15) is 13.2 Å². The van der Waals surface area contributed by atoms with Crippen molar-refractivity contribution in [2.45, 2.75) is 37.1 Å². The summed E-state index contributed by atoms with van der Waals surface area (Å²) in [5, 5.41) is 0. The lowest BCUT2D eigenvalue weighted by Gasteiger charge is -2.27. The number of nitrogens with one attached hydrogen (secondary N) is 1. The number of carbonyl (C=O) groups is 1. The molecule has 1 aromatic carbocycles. The molecule has 8 heteroatoms. The molecule has 0 amide bonds. The Hall–Kier alpha value is -1.80. The molecule has 0 aromatic heterocycles. The lowest BCUT2D eigenvalue weighted by molar-refractivity contribution is -0.147.